The Kier molecular flexibility index (Phi) is 9.05. The summed E-state index contributed by atoms with van der Waals surface area (Å²) in [5.74, 6) is -0.0852. The topological polar surface area (TPSA) is 61.4 Å². The van der Waals surface area contributed by atoms with E-state index in [1.807, 2.05) is 42.5 Å². The van der Waals surface area contributed by atoms with Crippen LogP contribution in [0.15, 0.2) is 54.6 Å². The van der Waals surface area contributed by atoms with Crippen molar-refractivity contribution in [1.82, 2.24) is 5.32 Å². The zero-order valence-electron chi connectivity index (χ0n) is 16.9. The monoisotopic (exact) mass is 381 g/mol. The van der Waals surface area contributed by atoms with Crippen molar-refractivity contribution in [3.63, 3.8) is 0 Å². The number of anilines is 2. The molecule has 0 heterocycles. The number of hydrogen-bond acceptors (Lipinski definition) is 3. The van der Waals surface area contributed by atoms with Gasteiger partial charge in [0.1, 0.15) is 0 Å². The van der Waals surface area contributed by atoms with Crippen molar-refractivity contribution < 1.29 is 9.59 Å². The lowest BCUT2D eigenvalue weighted by molar-refractivity contribution is -0.119. The van der Waals surface area contributed by atoms with Crippen LogP contribution in [0.5, 0.6) is 0 Å². The highest BCUT2D eigenvalue weighted by Crippen LogP contribution is 2.16. The van der Waals surface area contributed by atoms with Crippen LogP contribution in [0.4, 0.5) is 11.4 Å². The summed E-state index contributed by atoms with van der Waals surface area (Å²) in [5.41, 5.74) is 2.27. The predicted molar refractivity (Wildman–Crippen MR) is 116 cm³/mol. The molecular formula is C23H31N3O2. The fourth-order valence-corrected chi connectivity index (χ4v) is 2.89. The van der Waals surface area contributed by atoms with Crippen molar-refractivity contribution >= 4 is 23.2 Å². The van der Waals surface area contributed by atoms with Crippen LogP contribution in [0.2, 0.25) is 0 Å². The molecule has 0 bridgehead atoms. The van der Waals surface area contributed by atoms with E-state index in [1.165, 1.54) is 19.3 Å². The van der Waals surface area contributed by atoms with Gasteiger partial charge in [0.05, 0.1) is 6.54 Å². The van der Waals surface area contributed by atoms with E-state index < -0.39 is 0 Å². The Bertz CT molecular complexity index is 729. The number of carbonyl (C=O) groups is 2. The molecule has 0 saturated carbocycles. The molecule has 5 heteroatoms. The maximum atomic E-state index is 12.6. The van der Waals surface area contributed by atoms with Crippen LogP contribution in [-0.2, 0) is 4.79 Å². The molecule has 2 aromatic carbocycles. The average Bonchev–Trinajstić information content (AvgIpc) is 2.74. The normalized spacial score (nSPS) is 10.4. The first-order valence-corrected chi connectivity index (χ1v) is 10.1. The number of carbonyl (C=O) groups excluding carboxylic acids is 2. The fraction of sp³-hybridized carbons (Fsp3) is 0.391. The van der Waals surface area contributed by atoms with Gasteiger partial charge in [-0.15, -0.1) is 0 Å². The summed E-state index contributed by atoms with van der Waals surface area (Å²) in [4.78, 5) is 26.1. The molecule has 150 valence electrons. The van der Waals surface area contributed by atoms with Crippen molar-refractivity contribution in [2.75, 3.05) is 30.4 Å². The maximum Gasteiger partial charge on any atom is 0.258 e. The van der Waals surface area contributed by atoms with Crippen LogP contribution in [-0.4, -0.2) is 32.0 Å². The lowest BCUT2D eigenvalue weighted by Gasteiger charge is -2.17. The smallest absolute Gasteiger partial charge is 0.258 e. The minimum absolute atomic E-state index is 0.0144. The summed E-state index contributed by atoms with van der Waals surface area (Å²) in [7, 11) is 1.76. The summed E-state index contributed by atoms with van der Waals surface area (Å²) in [6.45, 7) is 3.15. The first-order valence-electron chi connectivity index (χ1n) is 10.1. The molecule has 2 N–H and O–H groups in total. The highest BCUT2D eigenvalue weighted by molar-refractivity contribution is 6.05. The molecule has 0 aromatic heterocycles. The van der Waals surface area contributed by atoms with Crippen LogP contribution in [0.3, 0.4) is 0 Å². The van der Waals surface area contributed by atoms with E-state index in [-0.39, 0.29) is 18.4 Å². The molecule has 2 amide bonds. The second-order valence-corrected chi connectivity index (χ2v) is 6.89. The van der Waals surface area contributed by atoms with E-state index in [1.54, 1.807) is 24.1 Å². The summed E-state index contributed by atoms with van der Waals surface area (Å²) >= 11 is 0. The van der Waals surface area contributed by atoms with Gasteiger partial charge in [-0.05, 0) is 42.8 Å². The van der Waals surface area contributed by atoms with Gasteiger partial charge in [-0.25, -0.2) is 0 Å². The zero-order chi connectivity index (χ0) is 20.2. The molecular weight excluding hydrogens is 350 g/mol. The van der Waals surface area contributed by atoms with E-state index in [0.29, 0.717) is 5.56 Å². The van der Waals surface area contributed by atoms with Gasteiger partial charge in [-0.1, -0.05) is 50.8 Å². The largest absolute Gasteiger partial charge is 0.376 e. The number of para-hydroxylation sites is 1. The Labute approximate surface area is 168 Å². The second-order valence-electron chi connectivity index (χ2n) is 6.89. The van der Waals surface area contributed by atoms with Gasteiger partial charge in [0, 0.05) is 30.5 Å². The van der Waals surface area contributed by atoms with Gasteiger partial charge in [0.2, 0.25) is 5.91 Å². The molecule has 5 nitrogen and oxygen atoms in total. The third-order valence-electron chi connectivity index (χ3n) is 4.64. The van der Waals surface area contributed by atoms with E-state index >= 15 is 0 Å². The summed E-state index contributed by atoms with van der Waals surface area (Å²) in [6.07, 6.45) is 5.90. The van der Waals surface area contributed by atoms with Crippen molar-refractivity contribution in [2.24, 2.45) is 0 Å². The number of unbranched alkanes of at least 4 members (excludes halogenated alkanes) is 4. The van der Waals surface area contributed by atoms with Gasteiger partial charge in [0.25, 0.3) is 5.91 Å². The van der Waals surface area contributed by atoms with Gasteiger partial charge in [-0.2, -0.15) is 0 Å². The quantitative estimate of drug-likeness (QED) is 0.565. The van der Waals surface area contributed by atoms with E-state index in [0.717, 1.165) is 30.8 Å². The molecule has 28 heavy (non-hydrogen) atoms. The van der Waals surface area contributed by atoms with Crippen molar-refractivity contribution in [3.05, 3.63) is 60.2 Å². The highest BCUT2D eigenvalue weighted by Gasteiger charge is 2.13. The average molecular weight is 382 g/mol. The van der Waals surface area contributed by atoms with Crippen LogP contribution in [0.25, 0.3) is 0 Å². The van der Waals surface area contributed by atoms with Crippen molar-refractivity contribution in [2.45, 2.75) is 39.0 Å². The fourth-order valence-electron chi connectivity index (χ4n) is 2.89. The molecule has 0 atom stereocenters. The van der Waals surface area contributed by atoms with Gasteiger partial charge in [-0.3, -0.25) is 9.59 Å². The van der Waals surface area contributed by atoms with Crippen LogP contribution >= 0.6 is 0 Å². The van der Waals surface area contributed by atoms with Gasteiger partial charge < -0.3 is 15.5 Å². The number of nitrogens with zero attached hydrogens (tertiary/aromatic N) is 1. The zero-order valence-corrected chi connectivity index (χ0v) is 16.9. The van der Waals surface area contributed by atoms with E-state index in [9.17, 15) is 9.59 Å². The van der Waals surface area contributed by atoms with Crippen LogP contribution in [0, 0.1) is 0 Å². The van der Waals surface area contributed by atoms with Crippen LogP contribution < -0.4 is 15.5 Å². The summed E-state index contributed by atoms with van der Waals surface area (Å²) in [6, 6.07) is 16.7. The third-order valence-corrected chi connectivity index (χ3v) is 4.64. The first kappa shape index (κ1) is 21.5. The summed E-state index contributed by atoms with van der Waals surface area (Å²) < 4.78 is 0. The summed E-state index contributed by atoms with van der Waals surface area (Å²) in [5, 5.41) is 6.03. The molecule has 0 aliphatic rings. The lowest BCUT2D eigenvalue weighted by Crippen LogP contribution is -2.30. The lowest BCUT2D eigenvalue weighted by atomic mass is 10.1. The standard InChI is InChI=1S/C23H31N3O2/c1-3-4-5-6-10-17-24-22(27)18-25-20-15-13-19(14-16-20)23(28)26(2)21-11-8-7-9-12-21/h7-9,11-16,25H,3-6,10,17-18H2,1-2H3,(H,24,27). The molecule has 0 aliphatic carbocycles. The molecule has 0 spiro atoms. The molecule has 2 aromatic rings. The van der Waals surface area contributed by atoms with Crippen molar-refractivity contribution in [1.29, 1.82) is 0 Å². The molecule has 0 unspecified atom stereocenters. The Morgan fingerprint density at radius 3 is 2.25 bits per heavy atom. The van der Waals surface area contributed by atoms with Crippen LogP contribution in [0.1, 0.15) is 49.4 Å². The molecule has 2 rings (SSSR count). The maximum absolute atomic E-state index is 12.6. The molecule has 0 aliphatic heterocycles. The molecule has 0 radical (unpaired) electrons. The Balaban J connectivity index is 1.75. The third kappa shape index (κ3) is 7.06. The Morgan fingerprint density at radius 2 is 1.57 bits per heavy atom. The number of nitrogens with one attached hydrogen (secondary N) is 2. The molecule has 0 fully saturated rings. The van der Waals surface area contributed by atoms with Gasteiger partial charge in [0.15, 0.2) is 0 Å². The Hall–Kier alpha value is -2.82. The number of hydrogen-bond donors (Lipinski definition) is 2. The number of amides is 2. The Morgan fingerprint density at radius 1 is 0.893 bits per heavy atom. The number of benzene rings is 2. The van der Waals surface area contributed by atoms with E-state index in [2.05, 4.69) is 17.6 Å². The second kappa shape index (κ2) is 11.8. The number of rotatable bonds is 11. The minimum atomic E-state index is -0.0708. The molecule has 0 saturated heterocycles. The predicted octanol–water partition coefficient (Wildman–Crippen LogP) is 4.46. The van der Waals surface area contributed by atoms with E-state index in [4.69, 9.17) is 0 Å². The SMILES string of the molecule is CCCCCCCNC(=O)CNc1ccc(C(=O)N(C)c2ccccc2)cc1. The first-order chi connectivity index (χ1) is 13.6. The minimum Gasteiger partial charge on any atom is -0.376 e. The highest BCUT2D eigenvalue weighted by atomic mass is 16.2. The van der Waals surface area contributed by atoms with Gasteiger partial charge >= 0.3 is 0 Å². The van der Waals surface area contributed by atoms with Crippen molar-refractivity contribution in [3.8, 4) is 0 Å².